The Bertz CT molecular complexity index is 2370. The number of anilines is 1. The predicted octanol–water partition coefficient (Wildman–Crippen LogP) is 8.20. The van der Waals surface area contributed by atoms with E-state index in [4.69, 9.17) is 4.42 Å². The van der Waals surface area contributed by atoms with Crippen LogP contribution in [0.25, 0.3) is 44.0 Å². The van der Waals surface area contributed by atoms with Gasteiger partial charge < -0.3 is 15.1 Å². The van der Waals surface area contributed by atoms with Crippen molar-refractivity contribution in [3.05, 3.63) is 143 Å². The Morgan fingerprint density at radius 1 is 0.700 bits per heavy atom. The largest absolute Gasteiger partial charge is 0.402 e. The molecule has 9 heteroatoms. The topological polar surface area (TPSA) is 127 Å². The second-order valence-corrected chi connectivity index (χ2v) is 12.3. The maximum absolute atomic E-state index is 12.9. The Morgan fingerprint density at radius 2 is 1.38 bits per heavy atom. The van der Waals surface area contributed by atoms with Crippen LogP contribution in [0.1, 0.15) is 53.0 Å². The van der Waals surface area contributed by atoms with Gasteiger partial charge in [-0.3, -0.25) is 9.59 Å². The van der Waals surface area contributed by atoms with Crippen LogP contribution in [0.15, 0.2) is 131 Å². The van der Waals surface area contributed by atoms with E-state index < -0.39 is 5.63 Å². The molecular weight excluding hydrogens is 626 g/mol. The monoisotopic (exact) mass is 661 g/mol. The van der Waals surface area contributed by atoms with Crippen molar-refractivity contribution in [3.63, 3.8) is 0 Å². The molecule has 248 valence electrons. The highest BCUT2D eigenvalue weighted by Gasteiger charge is 2.19. The molecule has 3 aromatic heterocycles. The van der Waals surface area contributed by atoms with Crippen LogP contribution in [0.4, 0.5) is 5.69 Å². The van der Waals surface area contributed by atoms with E-state index in [1.165, 1.54) is 19.3 Å². The average molecular weight is 662 g/mol. The molecule has 0 radical (unpaired) electrons. The lowest BCUT2D eigenvalue weighted by atomic mass is 9.89. The molecule has 0 aliphatic heterocycles. The molecule has 3 heterocycles. The number of hydrogen-bond acceptors (Lipinski definition) is 7. The zero-order valence-corrected chi connectivity index (χ0v) is 27.3. The van der Waals surface area contributed by atoms with Crippen LogP contribution in [-0.2, 0) is 0 Å². The molecule has 0 saturated heterocycles. The van der Waals surface area contributed by atoms with Gasteiger partial charge in [-0.25, -0.2) is 19.7 Å². The number of carbonyl (C=O) groups is 2. The normalized spacial score (nSPS) is 13.0. The van der Waals surface area contributed by atoms with E-state index in [-0.39, 0.29) is 23.0 Å². The third-order valence-corrected chi connectivity index (χ3v) is 8.99. The number of benzene rings is 4. The molecule has 1 fully saturated rings. The summed E-state index contributed by atoms with van der Waals surface area (Å²) in [5.41, 5.74) is 2.36. The number of hydrogen-bond donors (Lipinski definition) is 2. The van der Waals surface area contributed by atoms with Gasteiger partial charge >= 0.3 is 5.63 Å². The molecule has 1 aliphatic rings. The van der Waals surface area contributed by atoms with Crippen LogP contribution >= 0.6 is 0 Å². The predicted molar refractivity (Wildman–Crippen MR) is 196 cm³/mol. The summed E-state index contributed by atoms with van der Waals surface area (Å²) in [6.45, 7) is 0.659. The maximum atomic E-state index is 12.9. The van der Waals surface area contributed by atoms with Crippen molar-refractivity contribution in [1.82, 2.24) is 20.3 Å². The van der Waals surface area contributed by atoms with Gasteiger partial charge in [0, 0.05) is 30.1 Å². The van der Waals surface area contributed by atoms with Crippen molar-refractivity contribution in [1.29, 1.82) is 0 Å². The third-order valence-electron chi connectivity index (χ3n) is 8.99. The number of nitrogens with zero attached hydrogens (tertiary/aromatic N) is 3. The molecular formula is C41H35N5O4. The number of aromatic nitrogens is 3. The van der Waals surface area contributed by atoms with Gasteiger partial charge in [0.25, 0.3) is 11.8 Å². The van der Waals surface area contributed by atoms with Gasteiger partial charge in [-0.05, 0) is 76.7 Å². The van der Waals surface area contributed by atoms with Crippen LogP contribution < -0.4 is 16.3 Å². The van der Waals surface area contributed by atoms with Crippen molar-refractivity contribution in [2.24, 2.45) is 5.92 Å². The lowest BCUT2D eigenvalue weighted by Gasteiger charge is -2.21. The van der Waals surface area contributed by atoms with Gasteiger partial charge in [0.15, 0.2) is 11.2 Å². The molecule has 0 spiro atoms. The van der Waals surface area contributed by atoms with Gasteiger partial charge in [0.1, 0.15) is 5.52 Å². The Kier molecular flexibility index (Phi) is 9.64. The first-order valence-corrected chi connectivity index (χ1v) is 16.8. The number of rotatable bonds is 6. The molecule has 4 aromatic carbocycles. The molecule has 2 amide bonds. The van der Waals surface area contributed by atoms with Crippen LogP contribution in [0.5, 0.6) is 0 Å². The lowest BCUT2D eigenvalue weighted by Crippen LogP contribution is -2.31. The summed E-state index contributed by atoms with van der Waals surface area (Å²) in [7, 11) is 0. The SMILES string of the molecule is O=C(NCC1CCCCC1)c1ncccc1NC(=O)c1cccc2ccccc12.O=c1oc(-c2cccc3ccccc23)nc2cccnc12. The Labute approximate surface area is 288 Å². The zero-order chi connectivity index (χ0) is 34.3. The first kappa shape index (κ1) is 32.3. The average Bonchev–Trinajstić information content (AvgIpc) is 3.17. The molecule has 2 N–H and O–H groups in total. The molecule has 8 rings (SSSR count). The molecule has 9 nitrogen and oxygen atoms in total. The first-order valence-electron chi connectivity index (χ1n) is 16.8. The van der Waals surface area contributed by atoms with E-state index in [1.54, 1.807) is 42.7 Å². The Hall–Kier alpha value is -6.22. The summed E-state index contributed by atoms with van der Waals surface area (Å²) in [6, 6.07) is 34.1. The Balaban J connectivity index is 0.000000165. The summed E-state index contributed by atoms with van der Waals surface area (Å²) >= 11 is 0. The number of carbonyl (C=O) groups excluding carboxylic acids is 2. The minimum Gasteiger partial charge on any atom is -0.402 e. The number of fused-ring (bicyclic) bond motifs is 3. The summed E-state index contributed by atoms with van der Waals surface area (Å²) in [6.07, 6.45) is 9.20. The fraction of sp³-hybridized carbons (Fsp3) is 0.171. The molecule has 0 unspecified atom stereocenters. The van der Waals surface area contributed by atoms with Gasteiger partial charge in [0.05, 0.1) is 5.69 Å². The third kappa shape index (κ3) is 7.12. The number of nitrogens with one attached hydrogen (secondary N) is 2. The van der Waals surface area contributed by atoms with Gasteiger partial charge in [0.2, 0.25) is 5.89 Å². The Morgan fingerprint density at radius 3 is 2.20 bits per heavy atom. The fourth-order valence-electron chi connectivity index (χ4n) is 6.45. The summed E-state index contributed by atoms with van der Waals surface area (Å²) in [5.74, 6) is 0.350. The second-order valence-electron chi connectivity index (χ2n) is 12.3. The zero-order valence-electron chi connectivity index (χ0n) is 27.3. The summed E-state index contributed by atoms with van der Waals surface area (Å²) < 4.78 is 5.36. The van der Waals surface area contributed by atoms with Crippen LogP contribution in [0, 0.1) is 5.92 Å². The van der Waals surface area contributed by atoms with E-state index >= 15 is 0 Å². The highest BCUT2D eigenvalue weighted by Crippen LogP contribution is 2.27. The molecule has 0 bridgehead atoms. The van der Waals surface area contributed by atoms with Crippen LogP contribution in [0.3, 0.4) is 0 Å². The number of pyridine rings is 2. The van der Waals surface area contributed by atoms with Crippen molar-refractivity contribution in [2.75, 3.05) is 11.9 Å². The smallest absolute Gasteiger partial charge is 0.365 e. The van der Waals surface area contributed by atoms with Gasteiger partial charge in [-0.15, -0.1) is 0 Å². The van der Waals surface area contributed by atoms with Gasteiger partial charge in [-0.2, -0.15) is 0 Å². The van der Waals surface area contributed by atoms with Crippen LogP contribution in [-0.4, -0.2) is 33.3 Å². The molecule has 0 atom stereocenters. The first-order chi connectivity index (χ1) is 24.5. The quantitative estimate of drug-likeness (QED) is 0.184. The van der Waals surface area contributed by atoms with Crippen LogP contribution in [0.2, 0.25) is 0 Å². The summed E-state index contributed by atoms with van der Waals surface area (Å²) in [4.78, 5) is 50.4. The summed E-state index contributed by atoms with van der Waals surface area (Å²) in [5, 5.41) is 9.82. The van der Waals surface area contributed by atoms with E-state index in [0.717, 1.165) is 39.9 Å². The maximum Gasteiger partial charge on any atom is 0.365 e. The van der Waals surface area contributed by atoms with E-state index in [0.29, 0.717) is 35.1 Å². The fourth-order valence-corrected chi connectivity index (χ4v) is 6.45. The molecule has 7 aromatic rings. The second kappa shape index (κ2) is 14.9. The van der Waals surface area contributed by atoms with Crippen molar-refractivity contribution in [3.8, 4) is 11.5 Å². The highest BCUT2D eigenvalue weighted by molar-refractivity contribution is 6.14. The number of amides is 2. The highest BCUT2D eigenvalue weighted by atomic mass is 16.4. The van der Waals surface area contributed by atoms with Crippen molar-refractivity contribution in [2.45, 2.75) is 32.1 Å². The van der Waals surface area contributed by atoms with E-state index in [1.807, 2.05) is 78.9 Å². The van der Waals surface area contributed by atoms with Crippen molar-refractivity contribution < 1.29 is 14.0 Å². The standard InChI is InChI=1S/C24H25N3O2.C17H10N2O2/c28-23(20-13-6-11-18-10-4-5-12-19(18)20)27-21-14-7-15-25-22(21)24(29)26-16-17-8-2-1-3-9-17;20-17-15-14(9-4-10-18-15)19-16(21-17)13-8-3-6-11-5-1-2-7-12(11)13/h4-7,10-15,17H,1-3,8-9,16H2,(H,26,29)(H,27,28);1-10H. The lowest BCUT2D eigenvalue weighted by molar-refractivity contribution is 0.0939. The van der Waals surface area contributed by atoms with E-state index in [2.05, 4.69) is 25.6 Å². The minimum absolute atomic E-state index is 0.246. The van der Waals surface area contributed by atoms with E-state index in [9.17, 15) is 14.4 Å². The van der Waals surface area contributed by atoms with Crippen molar-refractivity contribution >= 4 is 50.1 Å². The molecule has 1 saturated carbocycles. The molecule has 1 aliphatic carbocycles. The minimum atomic E-state index is -0.469. The molecule has 50 heavy (non-hydrogen) atoms. The van der Waals surface area contributed by atoms with Gasteiger partial charge in [-0.1, -0.05) is 92.1 Å².